The Morgan fingerprint density at radius 3 is 1.70 bits per heavy atom. The van der Waals surface area contributed by atoms with Crippen LogP contribution in [0.5, 0.6) is 0 Å². The minimum atomic E-state index is 0.809. The van der Waals surface area contributed by atoms with E-state index in [1.54, 1.807) is 12.4 Å². The van der Waals surface area contributed by atoms with Gasteiger partial charge in [0.2, 0.25) is 0 Å². The second-order valence-electron chi connectivity index (χ2n) is 5.50. The van der Waals surface area contributed by atoms with Crippen molar-refractivity contribution in [1.82, 2.24) is 4.48 Å². The van der Waals surface area contributed by atoms with Gasteiger partial charge in [0.1, 0.15) is 5.69 Å². The molecular weight excluding hydrogens is 246 g/mol. The molecule has 0 heterocycles. The standard InChI is InChI=1S/C17H20N3/c1-20(2,3)17-11-9-16(10-12-17)14-19-18-13-15-7-5-4-6-8-15/h4-14H,1-3H3/q+1. The average Bonchev–Trinajstić information content (AvgIpc) is 2.44. The molecule has 0 fully saturated rings. The van der Waals surface area contributed by atoms with Crippen LogP contribution in [0.1, 0.15) is 11.1 Å². The van der Waals surface area contributed by atoms with Crippen molar-refractivity contribution in [2.75, 3.05) is 21.1 Å². The maximum Gasteiger partial charge on any atom is 0.132 e. The van der Waals surface area contributed by atoms with Crippen LogP contribution in [0.15, 0.2) is 64.8 Å². The molecule has 0 aliphatic heterocycles. The lowest BCUT2D eigenvalue weighted by Gasteiger charge is -2.23. The predicted molar refractivity (Wildman–Crippen MR) is 87.6 cm³/mol. The van der Waals surface area contributed by atoms with Gasteiger partial charge in [-0.25, -0.2) is 0 Å². The predicted octanol–water partition coefficient (Wildman–Crippen LogP) is 3.34. The Labute approximate surface area is 120 Å². The molecule has 0 aromatic heterocycles. The molecule has 0 unspecified atom stereocenters. The van der Waals surface area contributed by atoms with Crippen molar-refractivity contribution in [3.05, 3.63) is 65.7 Å². The topological polar surface area (TPSA) is 24.7 Å². The molecule has 0 atom stereocenters. The largest absolute Gasteiger partial charge is 0.298 e. The highest BCUT2D eigenvalue weighted by atomic mass is 15.3. The Morgan fingerprint density at radius 1 is 0.700 bits per heavy atom. The van der Waals surface area contributed by atoms with Gasteiger partial charge in [-0.1, -0.05) is 30.3 Å². The molecule has 2 rings (SSSR count). The van der Waals surface area contributed by atoms with Crippen molar-refractivity contribution >= 4 is 18.1 Å². The van der Waals surface area contributed by atoms with E-state index in [-0.39, 0.29) is 0 Å². The SMILES string of the molecule is C[N+](C)(C)c1ccc(C=NN=Cc2ccccc2)cc1. The van der Waals surface area contributed by atoms with Crippen LogP contribution in [-0.2, 0) is 0 Å². The van der Waals surface area contributed by atoms with Crippen molar-refractivity contribution in [3.8, 4) is 0 Å². The summed E-state index contributed by atoms with van der Waals surface area (Å²) in [7, 11) is 6.44. The van der Waals surface area contributed by atoms with E-state index < -0.39 is 0 Å². The maximum atomic E-state index is 4.07. The number of quaternary nitrogens is 1. The molecule has 20 heavy (non-hydrogen) atoms. The molecule has 3 nitrogen and oxygen atoms in total. The molecule has 0 amide bonds. The van der Waals surface area contributed by atoms with Crippen molar-refractivity contribution in [3.63, 3.8) is 0 Å². The second-order valence-corrected chi connectivity index (χ2v) is 5.50. The summed E-state index contributed by atoms with van der Waals surface area (Å²) in [6.07, 6.45) is 3.51. The van der Waals surface area contributed by atoms with Gasteiger partial charge >= 0.3 is 0 Å². The minimum Gasteiger partial charge on any atom is -0.298 e. The van der Waals surface area contributed by atoms with E-state index in [4.69, 9.17) is 0 Å². The van der Waals surface area contributed by atoms with Gasteiger partial charge in [0.15, 0.2) is 0 Å². The van der Waals surface area contributed by atoms with Gasteiger partial charge in [0.05, 0.1) is 33.6 Å². The van der Waals surface area contributed by atoms with E-state index in [0.29, 0.717) is 0 Å². The molecule has 3 heteroatoms. The fraction of sp³-hybridized carbons (Fsp3) is 0.176. The number of benzene rings is 2. The molecule has 0 bridgehead atoms. The Hall–Kier alpha value is -2.26. The second kappa shape index (κ2) is 6.26. The first-order valence-electron chi connectivity index (χ1n) is 6.59. The number of nitrogens with zero attached hydrogens (tertiary/aromatic N) is 3. The van der Waals surface area contributed by atoms with Crippen LogP contribution in [0.25, 0.3) is 0 Å². The van der Waals surface area contributed by atoms with Crippen molar-refractivity contribution in [2.45, 2.75) is 0 Å². The van der Waals surface area contributed by atoms with Crippen molar-refractivity contribution in [1.29, 1.82) is 0 Å². The van der Waals surface area contributed by atoms with E-state index in [0.717, 1.165) is 15.6 Å². The Kier molecular flexibility index (Phi) is 4.43. The van der Waals surface area contributed by atoms with Gasteiger partial charge in [0, 0.05) is 0 Å². The van der Waals surface area contributed by atoms with Crippen LogP contribution in [0.3, 0.4) is 0 Å². The quantitative estimate of drug-likeness (QED) is 0.461. The molecule has 0 radical (unpaired) electrons. The van der Waals surface area contributed by atoms with Crippen LogP contribution >= 0.6 is 0 Å². The molecule has 0 spiro atoms. The highest BCUT2D eigenvalue weighted by Gasteiger charge is 2.10. The van der Waals surface area contributed by atoms with E-state index in [2.05, 4.69) is 55.6 Å². The monoisotopic (exact) mass is 266 g/mol. The molecule has 0 aliphatic rings. The Balaban J connectivity index is 2.00. The lowest BCUT2D eigenvalue weighted by Crippen LogP contribution is -2.34. The van der Waals surface area contributed by atoms with Gasteiger partial charge in [-0.05, 0) is 35.4 Å². The van der Waals surface area contributed by atoms with Gasteiger partial charge in [-0.15, -0.1) is 0 Å². The van der Waals surface area contributed by atoms with E-state index in [1.807, 2.05) is 30.3 Å². The van der Waals surface area contributed by atoms with E-state index in [1.165, 1.54) is 5.69 Å². The highest BCUT2D eigenvalue weighted by molar-refractivity contribution is 5.82. The molecule has 2 aromatic carbocycles. The highest BCUT2D eigenvalue weighted by Crippen LogP contribution is 2.16. The molecule has 0 saturated heterocycles. The van der Waals surface area contributed by atoms with Gasteiger partial charge in [-0.3, -0.25) is 4.48 Å². The molecular formula is C17H20N3+. The van der Waals surface area contributed by atoms with Gasteiger partial charge < -0.3 is 0 Å². The number of rotatable bonds is 4. The molecule has 0 aliphatic carbocycles. The first-order valence-corrected chi connectivity index (χ1v) is 6.59. The van der Waals surface area contributed by atoms with E-state index >= 15 is 0 Å². The van der Waals surface area contributed by atoms with Crippen LogP contribution in [0.4, 0.5) is 5.69 Å². The fourth-order valence-corrected chi connectivity index (χ4v) is 1.75. The zero-order valence-electron chi connectivity index (χ0n) is 12.2. The Bertz CT molecular complexity index is 590. The molecule has 2 aromatic rings. The van der Waals surface area contributed by atoms with Crippen LogP contribution in [-0.4, -0.2) is 33.6 Å². The van der Waals surface area contributed by atoms with Crippen LogP contribution in [0, 0.1) is 0 Å². The third-order valence-electron chi connectivity index (χ3n) is 2.95. The third kappa shape index (κ3) is 4.14. The van der Waals surface area contributed by atoms with Crippen LogP contribution < -0.4 is 4.48 Å². The third-order valence-corrected chi connectivity index (χ3v) is 2.95. The number of hydrogen-bond acceptors (Lipinski definition) is 2. The number of hydrogen-bond donors (Lipinski definition) is 0. The van der Waals surface area contributed by atoms with Crippen molar-refractivity contribution in [2.24, 2.45) is 10.2 Å². The summed E-state index contributed by atoms with van der Waals surface area (Å²) in [5.41, 5.74) is 3.35. The van der Waals surface area contributed by atoms with Gasteiger partial charge in [-0.2, -0.15) is 10.2 Å². The molecule has 102 valence electrons. The summed E-state index contributed by atoms with van der Waals surface area (Å²) < 4.78 is 0.809. The molecule has 0 N–H and O–H groups in total. The summed E-state index contributed by atoms with van der Waals surface area (Å²) in [5, 5.41) is 8.12. The van der Waals surface area contributed by atoms with Crippen LogP contribution in [0.2, 0.25) is 0 Å². The first-order chi connectivity index (χ1) is 9.55. The summed E-state index contributed by atoms with van der Waals surface area (Å²) in [6, 6.07) is 18.3. The smallest absolute Gasteiger partial charge is 0.132 e. The lowest BCUT2D eigenvalue weighted by molar-refractivity contribution is 0.486. The zero-order valence-corrected chi connectivity index (χ0v) is 12.2. The normalized spacial score (nSPS) is 12.3. The summed E-state index contributed by atoms with van der Waals surface area (Å²) in [5.74, 6) is 0. The maximum absolute atomic E-state index is 4.07. The Morgan fingerprint density at radius 2 is 1.20 bits per heavy atom. The van der Waals surface area contributed by atoms with Gasteiger partial charge in [0.25, 0.3) is 0 Å². The summed E-state index contributed by atoms with van der Waals surface area (Å²) in [4.78, 5) is 0. The lowest BCUT2D eigenvalue weighted by atomic mass is 10.2. The summed E-state index contributed by atoms with van der Waals surface area (Å²) >= 11 is 0. The zero-order chi connectivity index (χ0) is 14.4. The first kappa shape index (κ1) is 14.2. The summed E-state index contributed by atoms with van der Waals surface area (Å²) in [6.45, 7) is 0. The van der Waals surface area contributed by atoms with E-state index in [9.17, 15) is 0 Å². The molecule has 0 saturated carbocycles. The average molecular weight is 266 g/mol. The fourth-order valence-electron chi connectivity index (χ4n) is 1.75. The van der Waals surface area contributed by atoms with Crippen molar-refractivity contribution < 1.29 is 0 Å². The minimum absolute atomic E-state index is 0.809.